The van der Waals surface area contributed by atoms with Crippen LogP contribution < -0.4 is 5.73 Å². The number of carboxylic acid groups (broad SMARTS) is 1. The molecule has 0 unspecified atom stereocenters. The summed E-state index contributed by atoms with van der Waals surface area (Å²) < 4.78 is 0. The van der Waals surface area contributed by atoms with Gasteiger partial charge in [0.05, 0.1) is 5.92 Å². The van der Waals surface area contributed by atoms with Crippen LogP contribution in [0.1, 0.15) is 12.8 Å². The van der Waals surface area contributed by atoms with Crippen molar-refractivity contribution in [3.05, 3.63) is 0 Å². The number of carboxylic acids is 1. The standard InChI is InChI=1S/C5H9NO2.ClH/c6-4-2-1-3(4)5(7)8;/h3-4H,1-2,6H2,(H,7,8);1H/t3-,4-;/m0./s1. The number of aliphatic carboxylic acids is 1. The van der Waals surface area contributed by atoms with Gasteiger partial charge in [-0.1, -0.05) is 0 Å². The zero-order valence-corrected chi connectivity index (χ0v) is 5.73. The molecular formula is C5H10ClNO2. The van der Waals surface area contributed by atoms with Crippen LogP contribution >= 0.6 is 12.4 Å². The van der Waals surface area contributed by atoms with Crippen molar-refractivity contribution in [2.75, 3.05) is 0 Å². The molecule has 0 bridgehead atoms. The minimum atomic E-state index is -0.747. The third-order valence-electron chi connectivity index (χ3n) is 1.65. The van der Waals surface area contributed by atoms with E-state index in [9.17, 15) is 4.79 Å². The molecule has 1 rings (SSSR count). The predicted molar refractivity (Wildman–Crippen MR) is 35.6 cm³/mol. The van der Waals surface area contributed by atoms with Gasteiger partial charge in [-0.15, -0.1) is 12.4 Å². The molecule has 3 nitrogen and oxygen atoms in total. The maximum Gasteiger partial charge on any atom is 0.308 e. The maximum absolute atomic E-state index is 10.1. The van der Waals surface area contributed by atoms with Crippen LogP contribution in [0.4, 0.5) is 0 Å². The zero-order chi connectivity index (χ0) is 6.15. The molecule has 9 heavy (non-hydrogen) atoms. The van der Waals surface area contributed by atoms with E-state index in [-0.39, 0.29) is 24.4 Å². The molecule has 1 fully saturated rings. The van der Waals surface area contributed by atoms with E-state index in [0.29, 0.717) is 0 Å². The molecule has 0 aliphatic heterocycles. The summed E-state index contributed by atoms with van der Waals surface area (Å²) in [4.78, 5) is 10.1. The predicted octanol–water partition coefficient (Wildman–Crippen LogP) is 0.230. The third-order valence-corrected chi connectivity index (χ3v) is 1.65. The number of rotatable bonds is 1. The van der Waals surface area contributed by atoms with Crippen molar-refractivity contribution in [2.24, 2.45) is 11.7 Å². The Balaban J connectivity index is 0.000000640. The second-order valence-electron chi connectivity index (χ2n) is 2.19. The van der Waals surface area contributed by atoms with E-state index in [1.165, 1.54) is 0 Å². The van der Waals surface area contributed by atoms with Crippen LogP contribution in [-0.4, -0.2) is 17.1 Å². The lowest BCUT2D eigenvalue weighted by molar-refractivity contribution is -0.145. The summed E-state index contributed by atoms with van der Waals surface area (Å²) in [7, 11) is 0. The van der Waals surface area contributed by atoms with Crippen molar-refractivity contribution in [1.29, 1.82) is 0 Å². The second-order valence-corrected chi connectivity index (χ2v) is 2.19. The van der Waals surface area contributed by atoms with Crippen LogP contribution in [0.2, 0.25) is 0 Å². The number of nitrogens with two attached hydrogens (primary N) is 1. The first-order valence-corrected chi connectivity index (χ1v) is 2.70. The minimum Gasteiger partial charge on any atom is -0.481 e. The first kappa shape index (κ1) is 8.72. The van der Waals surface area contributed by atoms with E-state index in [1.807, 2.05) is 0 Å². The molecule has 0 spiro atoms. The summed E-state index contributed by atoms with van der Waals surface area (Å²) in [5.74, 6) is -1.00. The highest BCUT2D eigenvalue weighted by Crippen LogP contribution is 2.24. The molecule has 3 N–H and O–H groups in total. The fraction of sp³-hybridized carbons (Fsp3) is 0.800. The Morgan fingerprint density at radius 3 is 2.11 bits per heavy atom. The maximum atomic E-state index is 10.1. The summed E-state index contributed by atoms with van der Waals surface area (Å²) in [5, 5.41) is 8.32. The van der Waals surface area contributed by atoms with Gasteiger partial charge in [-0.25, -0.2) is 0 Å². The monoisotopic (exact) mass is 151 g/mol. The van der Waals surface area contributed by atoms with E-state index < -0.39 is 5.97 Å². The van der Waals surface area contributed by atoms with Crippen molar-refractivity contribution in [3.63, 3.8) is 0 Å². The molecule has 0 radical (unpaired) electrons. The van der Waals surface area contributed by atoms with Crippen molar-refractivity contribution < 1.29 is 9.90 Å². The lowest BCUT2D eigenvalue weighted by Crippen LogP contribution is -2.43. The molecule has 1 aliphatic carbocycles. The summed E-state index contributed by atoms with van der Waals surface area (Å²) in [6, 6.07) is -0.0764. The summed E-state index contributed by atoms with van der Waals surface area (Å²) >= 11 is 0. The highest BCUT2D eigenvalue weighted by Gasteiger charge is 2.33. The molecular weight excluding hydrogens is 142 g/mol. The summed E-state index contributed by atoms with van der Waals surface area (Å²) in [6.07, 6.45) is 1.63. The quantitative estimate of drug-likeness (QED) is 0.564. The van der Waals surface area contributed by atoms with Gasteiger partial charge in [0, 0.05) is 6.04 Å². The van der Waals surface area contributed by atoms with Gasteiger partial charge in [-0.3, -0.25) is 4.79 Å². The molecule has 0 amide bonds. The molecule has 0 aromatic rings. The fourth-order valence-electron chi connectivity index (χ4n) is 0.832. The lowest BCUT2D eigenvalue weighted by atomic mass is 9.80. The average molecular weight is 152 g/mol. The van der Waals surface area contributed by atoms with Gasteiger partial charge in [0.15, 0.2) is 0 Å². The van der Waals surface area contributed by atoms with Gasteiger partial charge in [0.25, 0.3) is 0 Å². The summed E-state index contributed by atoms with van der Waals surface area (Å²) in [5.41, 5.74) is 5.34. The van der Waals surface area contributed by atoms with Crippen LogP contribution in [0.25, 0.3) is 0 Å². The van der Waals surface area contributed by atoms with Crippen LogP contribution in [-0.2, 0) is 4.79 Å². The van der Waals surface area contributed by atoms with Gasteiger partial charge >= 0.3 is 5.97 Å². The van der Waals surface area contributed by atoms with Gasteiger partial charge in [0.1, 0.15) is 0 Å². The topological polar surface area (TPSA) is 63.3 Å². The Hall–Kier alpha value is -0.280. The van der Waals surface area contributed by atoms with Gasteiger partial charge < -0.3 is 10.8 Å². The molecule has 54 valence electrons. The molecule has 2 atom stereocenters. The van der Waals surface area contributed by atoms with Gasteiger partial charge in [-0.05, 0) is 12.8 Å². The molecule has 0 saturated heterocycles. The number of halogens is 1. The van der Waals surface area contributed by atoms with Crippen LogP contribution in [0.15, 0.2) is 0 Å². The minimum absolute atomic E-state index is 0. The Morgan fingerprint density at radius 1 is 1.56 bits per heavy atom. The van der Waals surface area contributed by atoms with E-state index in [4.69, 9.17) is 10.8 Å². The van der Waals surface area contributed by atoms with Gasteiger partial charge in [0.2, 0.25) is 0 Å². The first-order valence-electron chi connectivity index (χ1n) is 2.70. The second kappa shape index (κ2) is 3.03. The molecule has 0 aromatic heterocycles. The van der Waals surface area contributed by atoms with E-state index in [0.717, 1.165) is 12.8 Å². The van der Waals surface area contributed by atoms with Crippen LogP contribution in [0, 0.1) is 5.92 Å². The Labute approximate surface area is 59.6 Å². The number of hydrogen-bond acceptors (Lipinski definition) is 2. The molecule has 1 saturated carbocycles. The van der Waals surface area contributed by atoms with E-state index in [2.05, 4.69) is 0 Å². The van der Waals surface area contributed by atoms with Crippen molar-refractivity contribution in [3.8, 4) is 0 Å². The lowest BCUT2D eigenvalue weighted by Gasteiger charge is -2.29. The first-order chi connectivity index (χ1) is 3.72. The van der Waals surface area contributed by atoms with E-state index >= 15 is 0 Å². The van der Waals surface area contributed by atoms with Crippen LogP contribution in [0.5, 0.6) is 0 Å². The van der Waals surface area contributed by atoms with Crippen LogP contribution in [0.3, 0.4) is 0 Å². The highest BCUT2D eigenvalue weighted by molar-refractivity contribution is 5.85. The van der Waals surface area contributed by atoms with E-state index in [1.54, 1.807) is 0 Å². The average Bonchev–Trinajstić information content (AvgIpc) is 1.61. The zero-order valence-electron chi connectivity index (χ0n) is 4.91. The summed E-state index contributed by atoms with van der Waals surface area (Å²) in [6.45, 7) is 0. The molecule has 1 aliphatic rings. The Bertz CT molecular complexity index is 118. The fourth-order valence-corrected chi connectivity index (χ4v) is 0.832. The Morgan fingerprint density at radius 2 is 2.11 bits per heavy atom. The van der Waals surface area contributed by atoms with Crippen molar-refractivity contribution in [2.45, 2.75) is 18.9 Å². The normalized spacial score (nSPS) is 32.1. The highest BCUT2D eigenvalue weighted by atomic mass is 35.5. The number of carbonyl (C=O) groups is 1. The number of hydrogen-bond donors (Lipinski definition) is 2. The molecule has 4 heteroatoms. The Kier molecular flexibility index (Phi) is 2.94. The SMILES string of the molecule is Cl.N[C@H]1CC[C@@H]1C(=O)O. The largest absolute Gasteiger partial charge is 0.481 e. The molecule has 0 heterocycles. The van der Waals surface area contributed by atoms with Crippen molar-refractivity contribution >= 4 is 18.4 Å². The smallest absolute Gasteiger partial charge is 0.308 e. The molecule has 0 aromatic carbocycles. The van der Waals surface area contributed by atoms with Gasteiger partial charge in [-0.2, -0.15) is 0 Å². The van der Waals surface area contributed by atoms with Crippen molar-refractivity contribution in [1.82, 2.24) is 0 Å². The third kappa shape index (κ3) is 1.56.